The Morgan fingerprint density at radius 3 is 2.36 bits per heavy atom. The van der Waals surface area contributed by atoms with Crippen LogP contribution >= 0.6 is 0 Å². The van der Waals surface area contributed by atoms with Crippen molar-refractivity contribution in [3.63, 3.8) is 0 Å². The van der Waals surface area contributed by atoms with Gasteiger partial charge in [-0.25, -0.2) is 4.98 Å². The van der Waals surface area contributed by atoms with Crippen molar-refractivity contribution in [2.45, 2.75) is 13.5 Å². The van der Waals surface area contributed by atoms with Crippen LogP contribution in [0.25, 0.3) is 0 Å². The van der Waals surface area contributed by atoms with Crippen molar-refractivity contribution in [1.82, 2.24) is 9.97 Å². The van der Waals surface area contributed by atoms with Crippen molar-refractivity contribution >= 4 is 17.5 Å². The zero-order chi connectivity index (χ0) is 17.5. The van der Waals surface area contributed by atoms with E-state index in [2.05, 4.69) is 46.0 Å². The number of aryl methyl sites for hydroxylation is 1. The number of hydrogen-bond donors (Lipinski definition) is 1. The largest absolute Gasteiger partial charge is 0.366 e. The monoisotopic (exact) mass is 330 g/mol. The van der Waals surface area contributed by atoms with Crippen LogP contribution in [0.2, 0.25) is 0 Å². The molecule has 3 aromatic rings. The molecule has 0 spiro atoms. The number of anilines is 3. The SMILES string of the molecule is C=CCNc1cc(C)nc(N(Cc2ccccc2)c2ccccc2)n1. The highest BCUT2D eigenvalue weighted by Gasteiger charge is 2.14. The van der Waals surface area contributed by atoms with Crippen LogP contribution < -0.4 is 10.2 Å². The van der Waals surface area contributed by atoms with Crippen LogP contribution in [0.3, 0.4) is 0 Å². The molecule has 1 heterocycles. The number of aromatic nitrogens is 2. The van der Waals surface area contributed by atoms with Gasteiger partial charge in [-0.1, -0.05) is 54.6 Å². The maximum Gasteiger partial charge on any atom is 0.232 e. The van der Waals surface area contributed by atoms with Crippen molar-refractivity contribution in [3.05, 3.63) is 90.6 Å². The van der Waals surface area contributed by atoms with Crippen molar-refractivity contribution in [1.29, 1.82) is 0 Å². The molecule has 0 fully saturated rings. The summed E-state index contributed by atoms with van der Waals surface area (Å²) in [6, 6.07) is 22.5. The fraction of sp³-hybridized carbons (Fsp3) is 0.143. The van der Waals surface area contributed by atoms with E-state index in [0.29, 0.717) is 19.0 Å². The number of benzene rings is 2. The molecule has 3 rings (SSSR count). The van der Waals surface area contributed by atoms with Crippen molar-refractivity contribution in [2.75, 3.05) is 16.8 Å². The minimum Gasteiger partial charge on any atom is -0.366 e. The summed E-state index contributed by atoms with van der Waals surface area (Å²) in [5, 5.41) is 3.25. The Hall–Kier alpha value is -3.14. The van der Waals surface area contributed by atoms with Gasteiger partial charge in [-0.15, -0.1) is 6.58 Å². The molecule has 0 bridgehead atoms. The highest BCUT2D eigenvalue weighted by atomic mass is 15.3. The van der Waals surface area contributed by atoms with Gasteiger partial charge in [-0.2, -0.15) is 4.98 Å². The van der Waals surface area contributed by atoms with Gasteiger partial charge in [0.05, 0.1) is 6.54 Å². The zero-order valence-electron chi connectivity index (χ0n) is 14.4. The molecule has 25 heavy (non-hydrogen) atoms. The van der Waals surface area contributed by atoms with Gasteiger partial charge >= 0.3 is 0 Å². The predicted molar refractivity (Wildman–Crippen MR) is 104 cm³/mol. The molecule has 0 aliphatic heterocycles. The van der Waals surface area contributed by atoms with E-state index in [1.54, 1.807) is 0 Å². The van der Waals surface area contributed by atoms with Gasteiger partial charge in [-0.05, 0) is 24.6 Å². The Balaban J connectivity index is 1.99. The lowest BCUT2D eigenvalue weighted by Gasteiger charge is -2.24. The predicted octanol–water partition coefficient (Wildman–Crippen LogP) is 4.72. The quantitative estimate of drug-likeness (QED) is 0.636. The van der Waals surface area contributed by atoms with Crippen LogP contribution in [0, 0.1) is 6.92 Å². The molecule has 0 atom stereocenters. The van der Waals surface area contributed by atoms with Gasteiger partial charge in [0.15, 0.2) is 0 Å². The van der Waals surface area contributed by atoms with E-state index >= 15 is 0 Å². The summed E-state index contributed by atoms with van der Waals surface area (Å²) in [6.07, 6.45) is 1.82. The molecule has 0 unspecified atom stereocenters. The third kappa shape index (κ3) is 4.44. The third-order valence-electron chi connectivity index (χ3n) is 3.76. The van der Waals surface area contributed by atoms with Crippen LogP contribution in [-0.4, -0.2) is 16.5 Å². The van der Waals surface area contributed by atoms with Crippen molar-refractivity contribution in [3.8, 4) is 0 Å². The van der Waals surface area contributed by atoms with E-state index < -0.39 is 0 Å². The van der Waals surface area contributed by atoms with E-state index in [1.165, 1.54) is 5.56 Å². The first-order chi connectivity index (χ1) is 12.3. The highest BCUT2D eigenvalue weighted by Crippen LogP contribution is 2.25. The van der Waals surface area contributed by atoms with E-state index in [1.807, 2.05) is 55.5 Å². The van der Waals surface area contributed by atoms with Gasteiger partial charge in [0, 0.05) is 24.0 Å². The van der Waals surface area contributed by atoms with Crippen LogP contribution in [0.1, 0.15) is 11.3 Å². The molecule has 0 saturated heterocycles. The molecule has 4 heteroatoms. The third-order valence-corrected chi connectivity index (χ3v) is 3.76. The fourth-order valence-electron chi connectivity index (χ4n) is 2.59. The molecule has 0 radical (unpaired) electrons. The van der Waals surface area contributed by atoms with Gasteiger partial charge in [0.25, 0.3) is 0 Å². The summed E-state index contributed by atoms with van der Waals surface area (Å²) in [6.45, 7) is 7.10. The molecular formula is C21H22N4. The number of nitrogens with zero attached hydrogens (tertiary/aromatic N) is 3. The second-order valence-corrected chi connectivity index (χ2v) is 5.77. The topological polar surface area (TPSA) is 41.1 Å². The fourth-order valence-corrected chi connectivity index (χ4v) is 2.59. The Labute approximate surface area is 148 Å². The number of rotatable bonds is 7. The number of para-hydroxylation sites is 1. The smallest absolute Gasteiger partial charge is 0.232 e. The minimum absolute atomic E-state index is 0.667. The molecule has 0 aliphatic carbocycles. The summed E-state index contributed by atoms with van der Waals surface area (Å²) >= 11 is 0. The highest BCUT2D eigenvalue weighted by molar-refractivity contribution is 5.59. The molecule has 126 valence electrons. The minimum atomic E-state index is 0.667. The standard InChI is InChI=1S/C21H22N4/c1-3-14-22-20-15-17(2)23-21(24-20)25(19-12-8-5-9-13-19)16-18-10-6-4-7-11-18/h3-13,15H,1,14,16H2,2H3,(H,22,23,24). The normalized spacial score (nSPS) is 10.3. The lowest BCUT2D eigenvalue weighted by molar-refractivity contribution is 0.902. The van der Waals surface area contributed by atoms with Crippen LogP contribution in [-0.2, 0) is 6.54 Å². The van der Waals surface area contributed by atoms with Crippen LogP contribution in [0.5, 0.6) is 0 Å². The van der Waals surface area contributed by atoms with Crippen molar-refractivity contribution in [2.24, 2.45) is 0 Å². The van der Waals surface area contributed by atoms with E-state index in [4.69, 9.17) is 4.98 Å². The summed E-state index contributed by atoms with van der Waals surface area (Å²) in [5.74, 6) is 1.48. The average Bonchev–Trinajstić information content (AvgIpc) is 2.65. The van der Waals surface area contributed by atoms with E-state index in [-0.39, 0.29) is 0 Å². The molecule has 4 nitrogen and oxygen atoms in total. The molecule has 2 aromatic carbocycles. The first-order valence-electron chi connectivity index (χ1n) is 8.33. The first-order valence-corrected chi connectivity index (χ1v) is 8.33. The van der Waals surface area contributed by atoms with Crippen molar-refractivity contribution < 1.29 is 0 Å². The number of hydrogen-bond acceptors (Lipinski definition) is 4. The summed E-state index contributed by atoms with van der Waals surface area (Å²) < 4.78 is 0. The van der Waals surface area contributed by atoms with Gasteiger partial charge in [-0.3, -0.25) is 0 Å². The summed E-state index contributed by atoms with van der Waals surface area (Å²) in [7, 11) is 0. The summed E-state index contributed by atoms with van der Waals surface area (Å²) in [4.78, 5) is 11.5. The molecule has 0 saturated carbocycles. The Bertz CT molecular complexity index is 816. The number of nitrogens with one attached hydrogen (secondary N) is 1. The maximum absolute atomic E-state index is 4.70. The molecule has 0 aliphatic rings. The average molecular weight is 330 g/mol. The Morgan fingerprint density at radius 2 is 1.68 bits per heavy atom. The molecular weight excluding hydrogens is 308 g/mol. The van der Waals surface area contributed by atoms with E-state index in [9.17, 15) is 0 Å². The Kier molecular flexibility index (Phi) is 5.42. The lowest BCUT2D eigenvalue weighted by Crippen LogP contribution is -2.20. The van der Waals surface area contributed by atoms with Gasteiger partial charge < -0.3 is 10.2 Å². The lowest BCUT2D eigenvalue weighted by atomic mass is 10.2. The molecule has 0 amide bonds. The van der Waals surface area contributed by atoms with E-state index in [0.717, 1.165) is 17.2 Å². The maximum atomic E-state index is 4.70. The van der Waals surface area contributed by atoms with Gasteiger partial charge in [0.1, 0.15) is 5.82 Å². The summed E-state index contributed by atoms with van der Waals surface area (Å²) in [5.41, 5.74) is 3.19. The molecule has 1 N–H and O–H groups in total. The van der Waals surface area contributed by atoms with Gasteiger partial charge in [0.2, 0.25) is 5.95 Å². The zero-order valence-corrected chi connectivity index (χ0v) is 14.4. The second-order valence-electron chi connectivity index (χ2n) is 5.77. The second kappa shape index (κ2) is 8.11. The molecule has 1 aromatic heterocycles. The van der Waals surface area contributed by atoms with Crippen LogP contribution in [0.4, 0.5) is 17.5 Å². The van der Waals surface area contributed by atoms with Crippen LogP contribution in [0.15, 0.2) is 79.4 Å². The Morgan fingerprint density at radius 1 is 1.00 bits per heavy atom. The first kappa shape index (κ1) is 16.7.